The molecule has 0 spiro atoms. The molecule has 0 bridgehead atoms. The van der Waals surface area contributed by atoms with Gasteiger partial charge in [0.25, 0.3) is 0 Å². The van der Waals surface area contributed by atoms with Crippen LogP contribution in [0.4, 0.5) is 0 Å². The van der Waals surface area contributed by atoms with Crippen molar-refractivity contribution >= 4 is 5.91 Å². The molecule has 2 N–H and O–H groups in total. The second-order valence-electron chi connectivity index (χ2n) is 4.89. The normalized spacial score (nSPS) is 16.1. The Bertz CT molecular complexity index is 356. The van der Waals surface area contributed by atoms with Crippen molar-refractivity contribution in [2.75, 3.05) is 13.1 Å². The standard InChI is InChI=1S/C14H22N2O2/c15-9-10-16(12-4-1-2-5-12)14(17)8-7-13-6-3-11-18-13/h3,6,11-12H,1-2,4-5,7-10,15H2. The van der Waals surface area contributed by atoms with Crippen LogP contribution in [-0.2, 0) is 11.2 Å². The number of carbonyl (C=O) groups is 1. The summed E-state index contributed by atoms with van der Waals surface area (Å²) in [7, 11) is 0. The van der Waals surface area contributed by atoms with Crippen molar-refractivity contribution in [3.05, 3.63) is 24.2 Å². The predicted octanol–water partition coefficient (Wildman–Crippen LogP) is 1.94. The first-order valence-electron chi connectivity index (χ1n) is 6.83. The number of hydrogen-bond acceptors (Lipinski definition) is 3. The highest BCUT2D eigenvalue weighted by atomic mass is 16.3. The van der Waals surface area contributed by atoms with Gasteiger partial charge in [0.2, 0.25) is 5.91 Å². The summed E-state index contributed by atoms with van der Waals surface area (Å²) in [6.45, 7) is 1.23. The van der Waals surface area contributed by atoms with Gasteiger partial charge in [0.05, 0.1) is 6.26 Å². The first-order valence-corrected chi connectivity index (χ1v) is 6.83. The van der Waals surface area contributed by atoms with E-state index in [1.807, 2.05) is 17.0 Å². The summed E-state index contributed by atoms with van der Waals surface area (Å²) in [5.41, 5.74) is 5.61. The summed E-state index contributed by atoms with van der Waals surface area (Å²) < 4.78 is 5.25. The van der Waals surface area contributed by atoms with Gasteiger partial charge in [-0.15, -0.1) is 0 Å². The lowest BCUT2D eigenvalue weighted by Gasteiger charge is -2.28. The number of nitrogens with zero attached hydrogens (tertiary/aromatic N) is 1. The maximum absolute atomic E-state index is 12.2. The van der Waals surface area contributed by atoms with E-state index < -0.39 is 0 Å². The molecule has 0 saturated heterocycles. The van der Waals surface area contributed by atoms with E-state index in [1.54, 1.807) is 6.26 Å². The van der Waals surface area contributed by atoms with Crippen LogP contribution in [-0.4, -0.2) is 29.9 Å². The van der Waals surface area contributed by atoms with E-state index in [4.69, 9.17) is 10.2 Å². The molecule has 1 amide bonds. The molecule has 1 aromatic rings. The molecule has 0 unspecified atom stereocenters. The van der Waals surface area contributed by atoms with Crippen molar-refractivity contribution in [1.29, 1.82) is 0 Å². The molecular formula is C14H22N2O2. The van der Waals surface area contributed by atoms with E-state index in [0.717, 1.165) is 18.6 Å². The first-order chi connectivity index (χ1) is 8.81. The summed E-state index contributed by atoms with van der Waals surface area (Å²) in [4.78, 5) is 14.2. The maximum Gasteiger partial charge on any atom is 0.223 e. The Morgan fingerprint density at radius 3 is 2.83 bits per heavy atom. The van der Waals surface area contributed by atoms with E-state index >= 15 is 0 Å². The van der Waals surface area contributed by atoms with Gasteiger partial charge in [-0.05, 0) is 25.0 Å². The van der Waals surface area contributed by atoms with E-state index in [0.29, 0.717) is 32.0 Å². The molecule has 0 aromatic carbocycles. The SMILES string of the molecule is NCCN(C(=O)CCc1ccco1)C1CCCC1. The van der Waals surface area contributed by atoms with Crippen LogP contribution in [0, 0.1) is 0 Å². The fourth-order valence-electron chi connectivity index (χ4n) is 2.69. The Labute approximate surface area is 108 Å². The van der Waals surface area contributed by atoms with E-state index in [2.05, 4.69) is 0 Å². The minimum atomic E-state index is 0.212. The second kappa shape index (κ2) is 6.59. The molecule has 0 radical (unpaired) electrons. The second-order valence-corrected chi connectivity index (χ2v) is 4.89. The largest absolute Gasteiger partial charge is 0.469 e. The molecule has 1 saturated carbocycles. The van der Waals surface area contributed by atoms with E-state index in [9.17, 15) is 4.79 Å². The molecule has 100 valence electrons. The Morgan fingerprint density at radius 1 is 1.44 bits per heavy atom. The van der Waals surface area contributed by atoms with Crippen LogP contribution >= 0.6 is 0 Å². The fraction of sp³-hybridized carbons (Fsp3) is 0.643. The highest BCUT2D eigenvalue weighted by molar-refractivity contribution is 5.76. The molecule has 1 heterocycles. The maximum atomic E-state index is 12.2. The van der Waals surface area contributed by atoms with Crippen LogP contribution in [0.2, 0.25) is 0 Å². The highest BCUT2D eigenvalue weighted by Crippen LogP contribution is 2.24. The zero-order valence-corrected chi connectivity index (χ0v) is 10.8. The highest BCUT2D eigenvalue weighted by Gasteiger charge is 2.25. The number of amides is 1. The van der Waals surface area contributed by atoms with Crippen LogP contribution in [0.15, 0.2) is 22.8 Å². The number of aryl methyl sites for hydroxylation is 1. The smallest absolute Gasteiger partial charge is 0.223 e. The van der Waals surface area contributed by atoms with Gasteiger partial charge in [-0.25, -0.2) is 0 Å². The topological polar surface area (TPSA) is 59.5 Å². The number of nitrogens with two attached hydrogens (primary N) is 1. The minimum Gasteiger partial charge on any atom is -0.469 e. The van der Waals surface area contributed by atoms with E-state index in [1.165, 1.54) is 12.8 Å². The summed E-state index contributed by atoms with van der Waals surface area (Å²) in [6, 6.07) is 4.18. The van der Waals surface area contributed by atoms with Crippen molar-refractivity contribution in [3.8, 4) is 0 Å². The van der Waals surface area contributed by atoms with Gasteiger partial charge in [-0.3, -0.25) is 4.79 Å². The quantitative estimate of drug-likeness (QED) is 0.839. The van der Waals surface area contributed by atoms with Gasteiger partial charge in [-0.1, -0.05) is 12.8 Å². The summed E-state index contributed by atoms with van der Waals surface area (Å²) in [5, 5.41) is 0. The molecule has 0 atom stereocenters. The molecule has 18 heavy (non-hydrogen) atoms. The summed E-state index contributed by atoms with van der Waals surface area (Å²) >= 11 is 0. The molecule has 4 nitrogen and oxygen atoms in total. The molecule has 0 aliphatic heterocycles. The Kier molecular flexibility index (Phi) is 4.81. The summed E-state index contributed by atoms with van der Waals surface area (Å²) in [5.74, 6) is 1.09. The number of hydrogen-bond donors (Lipinski definition) is 1. The monoisotopic (exact) mass is 250 g/mol. The zero-order chi connectivity index (χ0) is 12.8. The van der Waals surface area contributed by atoms with Gasteiger partial charge >= 0.3 is 0 Å². The lowest BCUT2D eigenvalue weighted by molar-refractivity contribution is -0.133. The molecule has 2 rings (SSSR count). The minimum absolute atomic E-state index is 0.212. The number of rotatable bonds is 6. The van der Waals surface area contributed by atoms with Crippen LogP contribution in [0.3, 0.4) is 0 Å². The average molecular weight is 250 g/mol. The molecular weight excluding hydrogens is 228 g/mol. The van der Waals surface area contributed by atoms with Crippen LogP contribution < -0.4 is 5.73 Å². The van der Waals surface area contributed by atoms with Crippen molar-refractivity contribution in [3.63, 3.8) is 0 Å². The fourth-order valence-corrected chi connectivity index (χ4v) is 2.69. The third-order valence-electron chi connectivity index (χ3n) is 3.62. The Balaban J connectivity index is 1.86. The molecule has 1 fully saturated rings. The predicted molar refractivity (Wildman–Crippen MR) is 70.1 cm³/mol. The van der Waals surface area contributed by atoms with Crippen molar-refractivity contribution in [1.82, 2.24) is 4.90 Å². The van der Waals surface area contributed by atoms with Crippen molar-refractivity contribution in [2.45, 2.75) is 44.6 Å². The third kappa shape index (κ3) is 3.35. The van der Waals surface area contributed by atoms with Gasteiger partial charge < -0.3 is 15.1 Å². The van der Waals surface area contributed by atoms with Gasteiger partial charge in [0.15, 0.2) is 0 Å². The van der Waals surface area contributed by atoms with Gasteiger partial charge in [0, 0.05) is 32.0 Å². The number of furan rings is 1. The van der Waals surface area contributed by atoms with Gasteiger partial charge in [0.1, 0.15) is 5.76 Å². The van der Waals surface area contributed by atoms with Crippen molar-refractivity contribution in [2.24, 2.45) is 5.73 Å². The Hall–Kier alpha value is -1.29. The average Bonchev–Trinajstić information content (AvgIpc) is 3.05. The molecule has 1 aliphatic rings. The molecule has 4 heteroatoms. The van der Waals surface area contributed by atoms with E-state index in [-0.39, 0.29) is 5.91 Å². The number of carbonyl (C=O) groups excluding carboxylic acids is 1. The van der Waals surface area contributed by atoms with Crippen LogP contribution in [0.5, 0.6) is 0 Å². The Morgan fingerprint density at radius 2 is 2.22 bits per heavy atom. The molecule has 1 aliphatic carbocycles. The first kappa shape index (κ1) is 13.1. The van der Waals surface area contributed by atoms with Crippen LogP contribution in [0.1, 0.15) is 37.9 Å². The van der Waals surface area contributed by atoms with Gasteiger partial charge in [-0.2, -0.15) is 0 Å². The lowest BCUT2D eigenvalue weighted by atomic mass is 10.1. The third-order valence-corrected chi connectivity index (χ3v) is 3.62. The summed E-state index contributed by atoms with van der Waals surface area (Å²) in [6.07, 6.45) is 7.57. The molecule has 1 aromatic heterocycles. The van der Waals surface area contributed by atoms with Crippen molar-refractivity contribution < 1.29 is 9.21 Å². The lowest BCUT2D eigenvalue weighted by Crippen LogP contribution is -2.42. The zero-order valence-electron chi connectivity index (χ0n) is 10.8. The van der Waals surface area contributed by atoms with Crippen LogP contribution in [0.25, 0.3) is 0 Å².